The van der Waals surface area contributed by atoms with Crippen LogP contribution in [0.2, 0.25) is 0 Å². The molecule has 5 heteroatoms. The Morgan fingerprint density at radius 3 is 2.67 bits per heavy atom. The highest BCUT2D eigenvalue weighted by Crippen LogP contribution is 2.33. The van der Waals surface area contributed by atoms with Crippen LogP contribution in [0.25, 0.3) is 5.69 Å². The minimum atomic E-state index is -0.0882. The van der Waals surface area contributed by atoms with Gasteiger partial charge in [-0.25, -0.2) is 0 Å². The Kier molecular flexibility index (Phi) is 5.03. The van der Waals surface area contributed by atoms with Gasteiger partial charge in [0.25, 0.3) is 0 Å². The summed E-state index contributed by atoms with van der Waals surface area (Å²) in [5.41, 5.74) is 3.33. The van der Waals surface area contributed by atoms with E-state index in [0.29, 0.717) is 13.2 Å². The SMILES string of the molecule is CCOc1cccc(-n2ccc([C@@H]3OCCN3c3ccc(OC)cc3)c2)c1. The van der Waals surface area contributed by atoms with E-state index in [4.69, 9.17) is 14.2 Å². The Balaban J connectivity index is 1.57. The number of ether oxygens (including phenoxy) is 3. The van der Waals surface area contributed by atoms with E-state index in [-0.39, 0.29) is 6.23 Å². The first-order valence-corrected chi connectivity index (χ1v) is 9.22. The fraction of sp³-hybridized carbons (Fsp3) is 0.273. The molecule has 1 fully saturated rings. The number of rotatable bonds is 6. The first kappa shape index (κ1) is 17.5. The molecule has 3 aromatic rings. The highest BCUT2D eigenvalue weighted by atomic mass is 16.5. The molecule has 1 saturated heterocycles. The minimum absolute atomic E-state index is 0.0882. The van der Waals surface area contributed by atoms with Gasteiger partial charge in [0.2, 0.25) is 0 Å². The van der Waals surface area contributed by atoms with Gasteiger partial charge in [0.15, 0.2) is 6.23 Å². The molecule has 140 valence electrons. The monoisotopic (exact) mass is 364 g/mol. The number of anilines is 1. The van der Waals surface area contributed by atoms with Crippen LogP contribution >= 0.6 is 0 Å². The molecular weight excluding hydrogens is 340 g/mol. The molecule has 1 aliphatic heterocycles. The summed E-state index contributed by atoms with van der Waals surface area (Å²) in [5.74, 6) is 1.73. The largest absolute Gasteiger partial charge is 0.497 e. The molecule has 0 amide bonds. The van der Waals surface area contributed by atoms with Gasteiger partial charge >= 0.3 is 0 Å². The summed E-state index contributed by atoms with van der Waals surface area (Å²) in [5, 5.41) is 0. The average molecular weight is 364 g/mol. The third-order valence-corrected chi connectivity index (χ3v) is 4.72. The second kappa shape index (κ2) is 7.76. The van der Waals surface area contributed by atoms with Gasteiger partial charge in [-0.05, 0) is 49.4 Å². The molecule has 1 aliphatic rings. The van der Waals surface area contributed by atoms with Crippen LogP contribution in [0, 0.1) is 0 Å². The zero-order valence-corrected chi connectivity index (χ0v) is 15.7. The van der Waals surface area contributed by atoms with Crippen molar-refractivity contribution in [1.29, 1.82) is 0 Å². The molecule has 4 rings (SSSR count). The minimum Gasteiger partial charge on any atom is -0.497 e. The smallest absolute Gasteiger partial charge is 0.158 e. The van der Waals surface area contributed by atoms with Crippen LogP contribution in [-0.2, 0) is 4.74 Å². The van der Waals surface area contributed by atoms with Crippen molar-refractivity contribution in [3.63, 3.8) is 0 Å². The predicted molar refractivity (Wildman–Crippen MR) is 106 cm³/mol. The molecule has 0 unspecified atom stereocenters. The van der Waals surface area contributed by atoms with Crippen LogP contribution in [0.4, 0.5) is 5.69 Å². The number of hydrogen-bond acceptors (Lipinski definition) is 4. The molecule has 2 aromatic carbocycles. The molecule has 0 saturated carbocycles. The van der Waals surface area contributed by atoms with E-state index in [1.54, 1.807) is 7.11 Å². The van der Waals surface area contributed by atoms with Crippen molar-refractivity contribution in [1.82, 2.24) is 4.57 Å². The Labute approximate surface area is 159 Å². The molecule has 0 spiro atoms. The maximum absolute atomic E-state index is 6.03. The van der Waals surface area contributed by atoms with Crippen molar-refractivity contribution in [2.45, 2.75) is 13.2 Å². The lowest BCUT2D eigenvalue weighted by Crippen LogP contribution is -2.22. The number of benzene rings is 2. The van der Waals surface area contributed by atoms with E-state index >= 15 is 0 Å². The molecule has 1 aromatic heterocycles. The van der Waals surface area contributed by atoms with Crippen molar-refractivity contribution in [3.8, 4) is 17.2 Å². The zero-order chi connectivity index (χ0) is 18.6. The fourth-order valence-electron chi connectivity index (χ4n) is 3.40. The summed E-state index contributed by atoms with van der Waals surface area (Å²) >= 11 is 0. The Morgan fingerprint density at radius 1 is 1.04 bits per heavy atom. The van der Waals surface area contributed by atoms with Crippen LogP contribution in [0.1, 0.15) is 18.7 Å². The summed E-state index contributed by atoms with van der Waals surface area (Å²) in [4.78, 5) is 2.27. The van der Waals surface area contributed by atoms with Crippen molar-refractivity contribution < 1.29 is 14.2 Å². The summed E-state index contributed by atoms with van der Waals surface area (Å²) < 4.78 is 19.0. The van der Waals surface area contributed by atoms with Gasteiger partial charge in [-0.15, -0.1) is 0 Å². The first-order chi connectivity index (χ1) is 13.3. The quantitative estimate of drug-likeness (QED) is 0.649. The molecule has 2 heterocycles. The molecule has 0 N–H and O–H groups in total. The molecule has 27 heavy (non-hydrogen) atoms. The van der Waals surface area contributed by atoms with Crippen LogP contribution in [0.5, 0.6) is 11.5 Å². The third-order valence-electron chi connectivity index (χ3n) is 4.72. The molecule has 0 aliphatic carbocycles. The van der Waals surface area contributed by atoms with Gasteiger partial charge in [-0.1, -0.05) is 6.07 Å². The predicted octanol–water partition coefficient (Wildman–Crippen LogP) is 4.42. The summed E-state index contributed by atoms with van der Waals surface area (Å²) in [6.45, 7) is 4.22. The van der Waals surface area contributed by atoms with Crippen LogP contribution in [0.15, 0.2) is 67.0 Å². The van der Waals surface area contributed by atoms with Crippen molar-refractivity contribution in [3.05, 3.63) is 72.6 Å². The lowest BCUT2D eigenvalue weighted by atomic mass is 10.2. The van der Waals surface area contributed by atoms with E-state index in [1.165, 1.54) is 0 Å². The van der Waals surface area contributed by atoms with Crippen molar-refractivity contribution in [2.24, 2.45) is 0 Å². The van der Waals surface area contributed by atoms with Crippen molar-refractivity contribution in [2.75, 3.05) is 31.8 Å². The van der Waals surface area contributed by atoms with Gasteiger partial charge in [0.1, 0.15) is 11.5 Å². The second-order valence-electron chi connectivity index (χ2n) is 6.40. The van der Waals surface area contributed by atoms with Crippen LogP contribution in [0.3, 0.4) is 0 Å². The molecule has 5 nitrogen and oxygen atoms in total. The Bertz CT molecular complexity index is 889. The van der Waals surface area contributed by atoms with E-state index in [0.717, 1.165) is 35.0 Å². The summed E-state index contributed by atoms with van der Waals surface area (Å²) in [6.07, 6.45) is 4.10. The van der Waals surface area contributed by atoms with E-state index < -0.39 is 0 Å². The second-order valence-corrected chi connectivity index (χ2v) is 6.40. The zero-order valence-electron chi connectivity index (χ0n) is 15.7. The maximum atomic E-state index is 6.03. The highest BCUT2D eigenvalue weighted by molar-refractivity contribution is 5.51. The van der Waals surface area contributed by atoms with Crippen LogP contribution < -0.4 is 14.4 Å². The first-order valence-electron chi connectivity index (χ1n) is 9.22. The number of hydrogen-bond donors (Lipinski definition) is 0. The molecule has 1 atom stereocenters. The topological polar surface area (TPSA) is 35.9 Å². The van der Waals surface area contributed by atoms with E-state index in [9.17, 15) is 0 Å². The van der Waals surface area contributed by atoms with Gasteiger partial charge in [-0.3, -0.25) is 0 Å². The maximum Gasteiger partial charge on any atom is 0.158 e. The molecule has 0 bridgehead atoms. The normalized spacial score (nSPS) is 16.5. The average Bonchev–Trinajstić information content (AvgIpc) is 3.38. The number of methoxy groups -OCH3 is 1. The fourth-order valence-corrected chi connectivity index (χ4v) is 3.40. The highest BCUT2D eigenvalue weighted by Gasteiger charge is 2.28. The number of nitrogens with zero attached hydrogens (tertiary/aromatic N) is 2. The number of aromatic nitrogens is 1. The summed E-state index contributed by atoms with van der Waals surface area (Å²) in [7, 11) is 1.68. The van der Waals surface area contributed by atoms with Gasteiger partial charge < -0.3 is 23.7 Å². The third kappa shape index (κ3) is 3.64. The van der Waals surface area contributed by atoms with Crippen LogP contribution in [-0.4, -0.2) is 31.4 Å². The van der Waals surface area contributed by atoms with Gasteiger partial charge in [0, 0.05) is 41.9 Å². The standard InChI is InChI=1S/C22H24N2O3/c1-3-26-21-6-4-5-19(15-21)23-12-11-17(16-23)22-24(13-14-27-22)18-7-9-20(25-2)10-8-18/h4-12,15-16,22H,3,13-14H2,1-2H3/t22-/m0/s1. The Hall–Kier alpha value is -2.92. The van der Waals surface area contributed by atoms with E-state index in [1.807, 2.05) is 37.3 Å². The molecular formula is C22H24N2O3. The Morgan fingerprint density at radius 2 is 1.89 bits per heavy atom. The van der Waals surface area contributed by atoms with Gasteiger partial charge in [0.05, 0.1) is 20.3 Å². The van der Waals surface area contributed by atoms with E-state index in [2.05, 4.69) is 46.1 Å². The lowest BCUT2D eigenvalue weighted by Gasteiger charge is -2.24. The van der Waals surface area contributed by atoms with Crippen molar-refractivity contribution >= 4 is 5.69 Å². The lowest BCUT2D eigenvalue weighted by molar-refractivity contribution is 0.114. The van der Waals surface area contributed by atoms with Gasteiger partial charge in [-0.2, -0.15) is 0 Å². The molecule has 0 radical (unpaired) electrons. The summed E-state index contributed by atoms with van der Waals surface area (Å²) in [6, 6.07) is 18.3.